The molecule has 1 fully saturated rings. The molecular weight excluding hydrogens is 262 g/mol. The first-order chi connectivity index (χ1) is 9.65. The van der Waals surface area contributed by atoms with Gasteiger partial charge in [-0.05, 0) is 32.1 Å². The van der Waals surface area contributed by atoms with Crippen molar-refractivity contribution in [3.63, 3.8) is 0 Å². The van der Waals surface area contributed by atoms with E-state index in [4.69, 9.17) is 24.7 Å². The van der Waals surface area contributed by atoms with Gasteiger partial charge >= 0.3 is 5.97 Å². The first-order valence-corrected chi connectivity index (χ1v) is 7.25. The van der Waals surface area contributed by atoms with Crippen LogP contribution in [0, 0.1) is 5.92 Å². The van der Waals surface area contributed by atoms with Gasteiger partial charge in [-0.25, -0.2) is 4.79 Å². The molecule has 6 heteroatoms. The molecule has 20 heavy (non-hydrogen) atoms. The number of esters is 1. The van der Waals surface area contributed by atoms with E-state index < -0.39 is 5.54 Å². The van der Waals surface area contributed by atoms with Gasteiger partial charge in [0.05, 0.1) is 26.4 Å². The molecule has 0 aromatic rings. The van der Waals surface area contributed by atoms with E-state index in [9.17, 15) is 4.79 Å². The molecule has 0 aliphatic heterocycles. The first kappa shape index (κ1) is 17.4. The molecule has 1 unspecified atom stereocenters. The Balaban J connectivity index is 2.15. The van der Waals surface area contributed by atoms with Crippen molar-refractivity contribution in [2.24, 2.45) is 11.7 Å². The second kappa shape index (κ2) is 9.28. The molecule has 1 atom stereocenters. The minimum Gasteiger partial charge on any atom is -0.465 e. The average Bonchev–Trinajstić information content (AvgIpc) is 3.26. The molecule has 0 saturated heterocycles. The second-order valence-corrected chi connectivity index (χ2v) is 5.05. The number of methoxy groups -OCH3 is 1. The van der Waals surface area contributed by atoms with Crippen LogP contribution < -0.4 is 5.73 Å². The Morgan fingerprint density at radius 2 is 1.90 bits per heavy atom. The van der Waals surface area contributed by atoms with Gasteiger partial charge < -0.3 is 24.7 Å². The summed E-state index contributed by atoms with van der Waals surface area (Å²) in [5.41, 5.74) is 5.19. The highest BCUT2D eigenvalue weighted by atomic mass is 16.5. The Hall–Kier alpha value is -0.690. The molecule has 0 aromatic carbocycles. The molecule has 0 heterocycles. The largest absolute Gasteiger partial charge is 0.465 e. The Kier molecular flexibility index (Phi) is 8.06. The standard InChI is InChI=1S/C14H27NO5/c1-3-20-13(16)14(15,12-5-6-12)11-19-8-4-7-18-10-9-17-2/h12H,3-11,15H2,1-2H3. The van der Waals surface area contributed by atoms with Gasteiger partial charge in [-0.1, -0.05) is 0 Å². The molecule has 0 amide bonds. The van der Waals surface area contributed by atoms with Gasteiger partial charge in [0.1, 0.15) is 5.54 Å². The zero-order chi connectivity index (χ0) is 14.8. The summed E-state index contributed by atoms with van der Waals surface area (Å²) in [4.78, 5) is 11.9. The highest BCUT2D eigenvalue weighted by molar-refractivity contribution is 5.81. The van der Waals surface area contributed by atoms with Gasteiger partial charge in [-0.3, -0.25) is 0 Å². The monoisotopic (exact) mass is 289 g/mol. The predicted molar refractivity (Wildman–Crippen MR) is 74.4 cm³/mol. The summed E-state index contributed by atoms with van der Waals surface area (Å²) in [5, 5.41) is 0. The molecule has 2 N–H and O–H groups in total. The van der Waals surface area contributed by atoms with Crippen molar-refractivity contribution in [1.82, 2.24) is 0 Å². The topological polar surface area (TPSA) is 80.0 Å². The van der Waals surface area contributed by atoms with Gasteiger partial charge in [0.2, 0.25) is 0 Å². The van der Waals surface area contributed by atoms with E-state index in [-0.39, 0.29) is 18.5 Å². The molecule has 1 rings (SSSR count). The average molecular weight is 289 g/mol. The molecule has 0 bridgehead atoms. The van der Waals surface area contributed by atoms with Crippen LogP contribution in [0.15, 0.2) is 0 Å². The van der Waals surface area contributed by atoms with E-state index in [1.807, 2.05) is 0 Å². The van der Waals surface area contributed by atoms with Crippen molar-refractivity contribution in [2.45, 2.75) is 31.7 Å². The first-order valence-electron chi connectivity index (χ1n) is 7.25. The van der Waals surface area contributed by atoms with Gasteiger partial charge in [0.25, 0.3) is 0 Å². The van der Waals surface area contributed by atoms with Crippen LogP contribution in [0.4, 0.5) is 0 Å². The van der Waals surface area contributed by atoms with Crippen LogP contribution >= 0.6 is 0 Å². The number of nitrogens with two attached hydrogens (primary N) is 1. The normalized spacial score (nSPS) is 17.8. The lowest BCUT2D eigenvalue weighted by Crippen LogP contribution is -2.55. The fourth-order valence-electron chi connectivity index (χ4n) is 1.96. The minimum absolute atomic E-state index is 0.194. The van der Waals surface area contributed by atoms with Crippen LogP contribution in [0.25, 0.3) is 0 Å². The van der Waals surface area contributed by atoms with Crippen molar-refractivity contribution >= 4 is 5.97 Å². The quantitative estimate of drug-likeness (QED) is 0.421. The maximum atomic E-state index is 11.9. The van der Waals surface area contributed by atoms with Crippen LogP contribution in [0.5, 0.6) is 0 Å². The lowest BCUT2D eigenvalue weighted by molar-refractivity contribution is -0.153. The van der Waals surface area contributed by atoms with Crippen molar-refractivity contribution in [3.05, 3.63) is 0 Å². The highest BCUT2D eigenvalue weighted by Crippen LogP contribution is 2.39. The lowest BCUT2D eigenvalue weighted by Gasteiger charge is -2.26. The molecule has 0 radical (unpaired) electrons. The fourth-order valence-corrected chi connectivity index (χ4v) is 1.96. The minimum atomic E-state index is -0.979. The summed E-state index contributed by atoms with van der Waals surface area (Å²) >= 11 is 0. The maximum absolute atomic E-state index is 11.9. The number of ether oxygens (including phenoxy) is 4. The second-order valence-electron chi connectivity index (χ2n) is 5.05. The summed E-state index contributed by atoms with van der Waals surface area (Å²) in [6.07, 6.45) is 2.71. The third-order valence-electron chi connectivity index (χ3n) is 3.31. The summed E-state index contributed by atoms with van der Waals surface area (Å²) in [5.74, 6) is -0.154. The van der Waals surface area contributed by atoms with Gasteiger partial charge in [0, 0.05) is 20.3 Å². The van der Waals surface area contributed by atoms with E-state index in [0.29, 0.717) is 33.0 Å². The van der Waals surface area contributed by atoms with Crippen LogP contribution in [0.3, 0.4) is 0 Å². The van der Waals surface area contributed by atoms with E-state index >= 15 is 0 Å². The highest BCUT2D eigenvalue weighted by Gasteiger charge is 2.49. The molecule has 118 valence electrons. The predicted octanol–water partition coefficient (Wildman–Crippen LogP) is 0.727. The van der Waals surface area contributed by atoms with Crippen LogP contribution in [0.2, 0.25) is 0 Å². The third kappa shape index (κ3) is 5.75. The number of carbonyl (C=O) groups is 1. The fraction of sp³-hybridized carbons (Fsp3) is 0.929. The number of hydrogen-bond donors (Lipinski definition) is 1. The van der Waals surface area contributed by atoms with Crippen molar-refractivity contribution in [3.8, 4) is 0 Å². The van der Waals surface area contributed by atoms with Crippen LogP contribution in [0.1, 0.15) is 26.2 Å². The van der Waals surface area contributed by atoms with E-state index in [1.165, 1.54) is 0 Å². The Bertz CT molecular complexity index is 283. The van der Waals surface area contributed by atoms with Crippen molar-refractivity contribution < 1.29 is 23.7 Å². The summed E-state index contributed by atoms with van der Waals surface area (Å²) in [6, 6.07) is 0. The molecule has 1 aliphatic carbocycles. The molecule has 0 spiro atoms. The van der Waals surface area contributed by atoms with E-state index in [2.05, 4.69) is 0 Å². The third-order valence-corrected chi connectivity index (χ3v) is 3.31. The Morgan fingerprint density at radius 3 is 2.50 bits per heavy atom. The number of rotatable bonds is 12. The van der Waals surface area contributed by atoms with Gasteiger partial charge in [-0.15, -0.1) is 0 Å². The van der Waals surface area contributed by atoms with E-state index in [1.54, 1.807) is 14.0 Å². The van der Waals surface area contributed by atoms with Gasteiger partial charge in [0.15, 0.2) is 0 Å². The summed E-state index contributed by atoms with van der Waals surface area (Å²) < 4.78 is 20.8. The smallest absolute Gasteiger partial charge is 0.328 e. The molecular formula is C14H27NO5. The number of carbonyl (C=O) groups excluding carboxylic acids is 1. The maximum Gasteiger partial charge on any atom is 0.328 e. The van der Waals surface area contributed by atoms with Gasteiger partial charge in [-0.2, -0.15) is 0 Å². The van der Waals surface area contributed by atoms with E-state index in [0.717, 1.165) is 19.3 Å². The SMILES string of the molecule is CCOC(=O)C(N)(COCCCOCCOC)C1CC1. The van der Waals surface area contributed by atoms with Crippen molar-refractivity contribution in [2.75, 3.05) is 46.8 Å². The molecule has 1 aliphatic rings. The number of hydrogen-bond acceptors (Lipinski definition) is 6. The van der Waals surface area contributed by atoms with Crippen LogP contribution in [-0.4, -0.2) is 58.3 Å². The molecule has 0 aromatic heterocycles. The zero-order valence-electron chi connectivity index (χ0n) is 12.6. The Morgan fingerprint density at radius 1 is 1.20 bits per heavy atom. The van der Waals surface area contributed by atoms with Crippen molar-refractivity contribution in [1.29, 1.82) is 0 Å². The van der Waals surface area contributed by atoms with Crippen LogP contribution in [-0.2, 0) is 23.7 Å². The molecule has 6 nitrogen and oxygen atoms in total. The molecule has 1 saturated carbocycles. The Labute approximate surface area is 120 Å². The summed E-state index contributed by atoms with van der Waals surface area (Å²) in [6.45, 7) is 4.66. The summed E-state index contributed by atoms with van der Waals surface area (Å²) in [7, 11) is 1.64. The zero-order valence-corrected chi connectivity index (χ0v) is 12.6. The lowest BCUT2D eigenvalue weighted by atomic mass is 9.96.